The Morgan fingerprint density at radius 2 is 1.52 bits per heavy atom. The number of benzene rings is 2. The molecule has 12 heteroatoms. The molecule has 0 aliphatic rings. The fraction of sp³-hybridized carbons (Fsp3) is 0.200. The van der Waals surface area contributed by atoms with E-state index in [9.17, 15) is 30.0 Å². The summed E-state index contributed by atoms with van der Waals surface area (Å²) in [7, 11) is -8.20. The Morgan fingerprint density at radius 1 is 1.00 bits per heavy atom. The Hall–Kier alpha value is -1.66. The molecule has 2 aromatic rings. The van der Waals surface area contributed by atoms with Gasteiger partial charge in [-0.3, -0.25) is 0 Å². The summed E-state index contributed by atoms with van der Waals surface area (Å²) in [5.41, 5.74) is -0.881. The smallest absolute Gasteiger partial charge is 0.225 e. The first-order chi connectivity index (χ1) is 12.2. The maximum Gasteiger partial charge on any atom is 0.417 e. The molecular weight excluding hydrogens is 429 g/mol. The molecule has 0 saturated carbocycles. The molecule has 0 bridgehead atoms. The van der Waals surface area contributed by atoms with E-state index in [0.717, 1.165) is 12.1 Å². The van der Waals surface area contributed by atoms with E-state index >= 15 is 0 Å². The predicted molar refractivity (Wildman–Crippen MR) is 93.0 cm³/mol. The molecule has 0 radical (unpaired) electrons. The molecule has 27 heavy (non-hydrogen) atoms. The lowest BCUT2D eigenvalue weighted by Gasteiger charge is -2.16. The van der Waals surface area contributed by atoms with Gasteiger partial charge in [-0.15, -0.1) is 0 Å². The van der Waals surface area contributed by atoms with Gasteiger partial charge in [0.2, 0.25) is 20.0 Å². The number of rotatable bonds is 5. The lowest BCUT2D eigenvalue weighted by atomic mass is 10.1. The van der Waals surface area contributed by atoms with Crippen LogP contribution in [-0.4, -0.2) is 16.8 Å². The van der Waals surface area contributed by atoms with E-state index in [4.69, 9.17) is 16.7 Å². The molecule has 0 saturated heterocycles. The molecule has 0 aromatic heterocycles. The second kappa shape index (κ2) is 7.40. The number of hydrogen-bond donors (Lipinski definition) is 2. The molecule has 0 amide bonds. The minimum Gasteiger partial charge on any atom is -0.225 e. The summed E-state index contributed by atoms with van der Waals surface area (Å²) in [5.74, 6) is 0. The van der Waals surface area contributed by atoms with Crippen LogP contribution in [-0.2, 0) is 26.2 Å². The van der Waals surface area contributed by atoms with Crippen LogP contribution in [0.1, 0.15) is 24.1 Å². The maximum absolute atomic E-state index is 12.9. The Balaban J connectivity index is 2.31. The van der Waals surface area contributed by atoms with Crippen molar-refractivity contribution < 1.29 is 30.0 Å². The third kappa shape index (κ3) is 5.20. The van der Waals surface area contributed by atoms with Crippen LogP contribution < -0.4 is 9.86 Å². The van der Waals surface area contributed by atoms with E-state index in [-0.39, 0.29) is 4.90 Å². The number of hydrogen-bond acceptors (Lipinski definition) is 4. The average Bonchev–Trinajstić information content (AvgIpc) is 2.52. The fourth-order valence-electron chi connectivity index (χ4n) is 2.20. The summed E-state index contributed by atoms with van der Waals surface area (Å²) in [6.07, 6.45) is -4.81. The summed E-state index contributed by atoms with van der Waals surface area (Å²) < 4.78 is 88.2. The quantitative estimate of drug-likeness (QED) is 0.742. The normalized spacial score (nSPS) is 14.1. The van der Waals surface area contributed by atoms with Gasteiger partial charge in [-0.1, -0.05) is 23.7 Å². The van der Waals surface area contributed by atoms with Crippen molar-refractivity contribution in [3.05, 3.63) is 58.6 Å². The van der Waals surface area contributed by atoms with Crippen LogP contribution in [0.15, 0.2) is 52.3 Å². The number of halogens is 4. The van der Waals surface area contributed by atoms with Crippen LogP contribution in [0.25, 0.3) is 0 Å². The molecule has 0 aliphatic carbocycles. The van der Waals surface area contributed by atoms with Crippen molar-refractivity contribution in [1.82, 2.24) is 4.72 Å². The van der Waals surface area contributed by atoms with Crippen LogP contribution in [0.2, 0.25) is 5.02 Å². The molecule has 3 N–H and O–H groups in total. The number of sulfonamides is 2. The summed E-state index contributed by atoms with van der Waals surface area (Å²) in [6, 6.07) is 6.47. The van der Waals surface area contributed by atoms with Crippen molar-refractivity contribution in [2.45, 2.75) is 28.9 Å². The van der Waals surface area contributed by atoms with E-state index in [1.165, 1.54) is 31.2 Å². The third-order valence-electron chi connectivity index (χ3n) is 3.59. The lowest BCUT2D eigenvalue weighted by Crippen LogP contribution is -2.27. The van der Waals surface area contributed by atoms with Gasteiger partial charge in [-0.25, -0.2) is 26.7 Å². The number of nitrogens with one attached hydrogen (secondary N) is 1. The van der Waals surface area contributed by atoms with Crippen LogP contribution in [0.5, 0.6) is 0 Å². The van der Waals surface area contributed by atoms with Gasteiger partial charge in [0.1, 0.15) is 0 Å². The highest BCUT2D eigenvalue weighted by Gasteiger charge is 2.34. The molecule has 0 spiro atoms. The summed E-state index contributed by atoms with van der Waals surface area (Å²) in [4.78, 5) is -0.763. The molecule has 0 heterocycles. The minimum atomic E-state index is -4.81. The van der Waals surface area contributed by atoms with Crippen LogP contribution >= 0.6 is 11.6 Å². The second-order valence-electron chi connectivity index (χ2n) is 5.60. The predicted octanol–water partition coefficient (Wildman–Crippen LogP) is 3.05. The van der Waals surface area contributed by atoms with Crippen molar-refractivity contribution in [2.75, 3.05) is 0 Å². The van der Waals surface area contributed by atoms with Gasteiger partial charge in [0, 0.05) is 6.04 Å². The molecule has 0 aliphatic heterocycles. The number of primary sulfonamides is 1. The van der Waals surface area contributed by atoms with Crippen molar-refractivity contribution >= 4 is 31.6 Å². The standard InChI is InChI=1S/C15H14ClF3N2O4S2/c1-9(10-2-4-11(5-3-10)26(20,22)23)21-27(24,25)12-6-7-14(16)13(8-12)15(17,18)19/h2-9,21H,1H3,(H2,20,22,23)/t9-/m0/s1. The highest BCUT2D eigenvalue weighted by atomic mass is 35.5. The topological polar surface area (TPSA) is 106 Å². The minimum absolute atomic E-state index is 0.158. The van der Waals surface area contributed by atoms with Gasteiger partial charge >= 0.3 is 6.18 Å². The first kappa shape index (κ1) is 21.6. The van der Waals surface area contributed by atoms with Crippen molar-refractivity contribution in [1.29, 1.82) is 0 Å². The molecule has 1 atom stereocenters. The van der Waals surface area contributed by atoms with Gasteiger partial charge in [0.05, 0.1) is 20.4 Å². The zero-order valence-corrected chi connectivity index (χ0v) is 16.0. The molecule has 0 unspecified atom stereocenters. The van der Waals surface area contributed by atoms with Gasteiger partial charge < -0.3 is 0 Å². The fourth-order valence-corrected chi connectivity index (χ4v) is 4.20. The zero-order valence-electron chi connectivity index (χ0n) is 13.7. The molecule has 6 nitrogen and oxygen atoms in total. The zero-order chi connectivity index (χ0) is 20.6. The summed E-state index contributed by atoms with van der Waals surface area (Å²) in [6.45, 7) is 1.45. The van der Waals surface area contributed by atoms with Gasteiger partial charge in [-0.05, 0) is 42.8 Å². The molecule has 148 valence electrons. The molecular formula is C15H14ClF3N2O4S2. The van der Waals surface area contributed by atoms with Crippen LogP contribution in [0.3, 0.4) is 0 Å². The van der Waals surface area contributed by atoms with Crippen molar-refractivity contribution in [3.63, 3.8) is 0 Å². The van der Waals surface area contributed by atoms with Crippen LogP contribution in [0.4, 0.5) is 13.2 Å². The Bertz CT molecular complexity index is 1050. The summed E-state index contributed by atoms with van der Waals surface area (Å²) >= 11 is 5.49. The Kier molecular flexibility index (Phi) is 5.93. The maximum atomic E-state index is 12.9. The highest BCUT2D eigenvalue weighted by molar-refractivity contribution is 7.89. The monoisotopic (exact) mass is 442 g/mol. The highest BCUT2D eigenvalue weighted by Crippen LogP contribution is 2.36. The van der Waals surface area contributed by atoms with Crippen molar-refractivity contribution in [3.8, 4) is 0 Å². The first-order valence-corrected chi connectivity index (χ1v) is 10.6. The third-order valence-corrected chi connectivity index (χ3v) is 6.39. The van der Waals surface area contributed by atoms with Gasteiger partial charge in [0.25, 0.3) is 0 Å². The largest absolute Gasteiger partial charge is 0.417 e. The Labute approximate surface area is 159 Å². The van der Waals surface area contributed by atoms with Crippen LogP contribution in [0, 0.1) is 0 Å². The van der Waals surface area contributed by atoms with E-state index in [0.29, 0.717) is 11.6 Å². The van der Waals surface area contributed by atoms with Gasteiger partial charge in [-0.2, -0.15) is 13.2 Å². The molecule has 0 fully saturated rings. The average molecular weight is 443 g/mol. The second-order valence-corrected chi connectivity index (χ2v) is 9.28. The van der Waals surface area contributed by atoms with Crippen molar-refractivity contribution in [2.24, 2.45) is 5.14 Å². The van der Waals surface area contributed by atoms with E-state index in [2.05, 4.69) is 4.72 Å². The SMILES string of the molecule is C[C@H](NS(=O)(=O)c1ccc(Cl)c(C(F)(F)F)c1)c1ccc(S(N)(=O)=O)cc1. The Morgan fingerprint density at radius 3 is 2.00 bits per heavy atom. The summed E-state index contributed by atoms with van der Waals surface area (Å²) in [5, 5.41) is 4.36. The van der Waals surface area contributed by atoms with Gasteiger partial charge in [0.15, 0.2) is 0 Å². The number of nitrogens with two attached hydrogens (primary N) is 1. The first-order valence-electron chi connectivity index (χ1n) is 7.23. The lowest BCUT2D eigenvalue weighted by molar-refractivity contribution is -0.137. The van der Waals surface area contributed by atoms with E-state index in [1.807, 2.05) is 0 Å². The number of alkyl halides is 3. The van der Waals surface area contributed by atoms with E-state index in [1.54, 1.807) is 0 Å². The molecule has 2 rings (SSSR count). The molecule has 2 aromatic carbocycles. The van der Waals surface area contributed by atoms with E-state index < -0.39 is 47.7 Å².